The second-order valence-corrected chi connectivity index (χ2v) is 2.42. The van der Waals surface area contributed by atoms with Gasteiger partial charge in [0.15, 0.2) is 0 Å². The molecule has 0 aliphatic carbocycles. The Labute approximate surface area is 63.4 Å². The van der Waals surface area contributed by atoms with Crippen LogP contribution in [0.2, 0.25) is 0 Å². The van der Waals surface area contributed by atoms with Gasteiger partial charge in [0.25, 0.3) is 5.56 Å². The molecule has 1 unspecified atom stereocenters. The van der Waals surface area contributed by atoms with E-state index < -0.39 is 6.17 Å². The summed E-state index contributed by atoms with van der Waals surface area (Å²) in [6.07, 6.45) is 0.713. The number of halogens is 1. The maximum atomic E-state index is 12.3. The second kappa shape index (κ2) is 3.37. The average Bonchev–Trinajstić information content (AvgIpc) is 2.31. The number of hydrogen-bond acceptors (Lipinski definition) is 2. The SMILES string of the molecule is CC(F)CCn1occc1=O. The van der Waals surface area contributed by atoms with Crippen LogP contribution >= 0.6 is 0 Å². The highest BCUT2D eigenvalue weighted by Gasteiger charge is 2.01. The van der Waals surface area contributed by atoms with E-state index in [1.165, 1.54) is 19.3 Å². The Bertz CT molecular complexity index is 263. The number of aromatic nitrogens is 1. The molecule has 62 valence electrons. The van der Waals surface area contributed by atoms with E-state index in [0.29, 0.717) is 13.0 Å². The van der Waals surface area contributed by atoms with Crippen LogP contribution in [-0.4, -0.2) is 10.9 Å². The zero-order valence-corrected chi connectivity index (χ0v) is 6.29. The van der Waals surface area contributed by atoms with Gasteiger partial charge < -0.3 is 4.52 Å². The molecular formula is C7H10FNO2. The van der Waals surface area contributed by atoms with Gasteiger partial charge in [-0.05, 0) is 13.3 Å². The minimum Gasteiger partial charge on any atom is -0.384 e. The van der Waals surface area contributed by atoms with Crippen molar-refractivity contribution < 1.29 is 8.91 Å². The molecule has 0 fully saturated rings. The molecule has 0 saturated heterocycles. The molecule has 0 radical (unpaired) electrons. The van der Waals surface area contributed by atoms with Crippen LogP contribution in [0.15, 0.2) is 21.6 Å². The molecule has 4 heteroatoms. The Kier molecular flexibility index (Phi) is 2.46. The summed E-state index contributed by atoms with van der Waals surface area (Å²) < 4.78 is 18.2. The summed E-state index contributed by atoms with van der Waals surface area (Å²) in [6.45, 7) is 1.76. The molecule has 0 bridgehead atoms. The summed E-state index contributed by atoms with van der Waals surface area (Å²) in [4.78, 5) is 10.8. The predicted octanol–water partition coefficient (Wildman–Crippen LogP) is 1.19. The van der Waals surface area contributed by atoms with Gasteiger partial charge in [-0.25, -0.2) is 4.39 Å². The van der Waals surface area contributed by atoms with Gasteiger partial charge in [0.05, 0.1) is 12.7 Å². The average molecular weight is 159 g/mol. The molecule has 0 spiro atoms. The molecule has 11 heavy (non-hydrogen) atoms. The number of alkyl halides is 1. The monoisotopic (exact) mass is 159 g/mol. The molecule has 0 amide bonds. The van der Waals surface area contributed by atoms with Crippen molar-refractivity contribution >= 4 is 0 Å². The van der Waals surface area contributed by atoms with Gasteiger partial charge in [0.1, 0.15) is 6.26 Å². The number of rotatable bonds is 3. The Hall–Kier alpha value is -1.06. The van der Waals surface area contributed by atoms with Crippen LogP contribution in [0.25, 0.3) is 0 Å². The standard InChI is InChI=1S/C7H10FNO2/c1-6(8)2-4-9-7(10)3-5-11-9/h3,5-6H,2,4H2,1H3. The van der Waals surface area contributed by atoms with E-state index in [1.807, 2.05) is 0 Å². The molecule has 3 nitrogen and oxygen atoms in total. The van der Waals surface area contributed by atoms with Gasteiger partial charge in [-0.2, -0.15) is 4.74 Å². The molecule has 0 saturated carbocycles. The second-order valence-electron chi connectivity index (χ2n) is 2.42. The molecule has 1 atom stereocenters. The van der Waals surface area contributed by atoms with Crippen LogP contribution in [0.1, 0.15) is 13.3 Å². The van der Waals surface area contributed by atoms with Gasteiger partial charge in [-0.1, -0.05) is 0 Å². The first-order valence-corrected chi connectivity index (χ1v) is 3.49. The van der Waals surface area contributed by atoms with Crippen LogP contribution in [0.5, 0.6) is 0 Å². The molecule has 0 aliphatic heterocycles. The Morgan fingerprint density at radius 2 is 2.55 bits per heavy atom. The fraction of sp³-hybridized carbons (Fsp3) is 0.571. The highest BCUT2D eigenvalue weighted by molar-refractivity contribution is 4.75. The van der Waals surface area contributed by atoms with Gasteiger partial charge in [0.2, 0.25) is 0 Å². The minimum absolute atomic E-state index is 0.217. The third-order valence-corrected chi connectivity index (χ3v) is 1.37. The molecule has 1 aromatic rings. The largest absolute Gasteiger partial charge is 0.384 e. The zero-order chi connectivity index (χ0) is 8.27. The summed E-state index contributed by atoms with van der Waals surface area (Å²) in [5, 5.41) is 0. The smallest absolute Gasteiger partial charge is 0.282 e. The molecular weight excluding hydrogens is 149 g/mol. The van der Waals surface area contributed by atoms with Crippen LogP contribution in [-0.2, 0) is 6.54 Å². The minimum atomic E-state index is -0.896. The first-order chi connectivity index (χ1) is 5.20. The maximum absolute atomic E-state index is 12.3. The van der Waals surface area contributed by atoms with E-state index in [0.717, 1.165) is 4.74 Å². The third kappa shape index (κ3) is 2.22. The molecule has 1 heterocycles. The van der Waals surface area contributed by atoms with E-state index in [1.54, 1.807) is 0 Å². The van der Waals surface area contributed by atoms with Crippen molar-refractivity contribution in [2.45, 2.75) is 26.1 Å². The van der Waals surface area contributed by atoms with Gasteiger partial charge in [-0.15, -0.1) is 0 Å². The van der Waals surface area contributed by atoms with Gasteiger partial charge in [-0.3, -0.25) is 4.79 Å². The first kappa shape index (κ1) is 8.04. The molecule has 1 rings (SSSR count). The van der Waals surface area contributed by atoms with Gasteiger partial charge >= 0.3 is 0 Å². The lowest BCUT2D eigenvalue weighted by atomic mass is 10.3. The highest BCUT2D eigenvalue weighted by Crippen LogP contribution is 1.97. The number of hydrogen-bond donors (Lipinski definition) is 0. The van der Waals surface area contributed by atoms with Crippen molar-refractivity contribution in [3.63, 3.8) is 0 Å². The van der Waals surface area contributed by atoms with Crippen molar-refractivity contribution in [3.05, 3.63) is 22.7 Å². The van der Waals surface area contributed by atoms with Crippen molar-refractivity contribution in [2.24, 2.45) is 0 Å². The van der Waals surface area contributed by atoms with Crippen molar-refractivity contribution in [3.8, 4) is 0 Å². The van der Waals surface area contributed by atoms with Crippen LogP contribution in [0.3, 0.4) is 0 Å². The van der Waals surface area contributed by atoms with Gasteiger partial charge in [0, 0.05) is 6.07 Å². The summed E-state index contributed by atoms with van der Waals surface area (Å²) in [5.41, 5.74) is -0.217. The number of aryl methyl sites for hydroxylation is 1. The van der Waals surface area contributed by atoms with Crippen LogP contribution < -0.4 is 5.56 Å². The van der Waals surface area contributed by atoms with E-state index in [9.17, 15) is 9.18 Å². The summed E-state index contributed by atoms with van der Waals surface area (Å²) >= 11 is 0. The van der Waals surface area contributed by atoms with Crippen molar-refractivity contribution in [1.29, 1.82) is 0 Å². The molecule has 0 N–H and O–H groups in total. The molecule has 0 aromatic carbocycles. The lowest BCUT2D eigenvalue weighted by Gasteiger charge is -1.99. The van der Waals surface area contributed by atoms with Crippen molar-refractivity contribution in [1.82, 2.24) is 4.74 Å². The zero-order valence-electron chi connectivity index (χ0n) is 6.29. The van der Waals surface area contributed by atoms with E-state index in [-0.39, 0.29) is 5.56 Å². The summed E-state index contributed by atoms with van der Waals surface area (Å²) in [5.74, 6) is 0. The lowest BCUT2D eigenvalue weighted by molar-refractivity contribution is 0.225. The van der Waals surface area contributed by atoms with Crippen molar-refractivity contribution in [2.75, 3.05) is 0 Å². The third-order valence-electron chi connectivity index (χ3n) is 1.37. The Morgan fingerprint density at radius 3 is 3.00 bits per heavy atom. The summed E-state index contributed by atoms with van der Waals surface area (Å²) in [7, 11) is 0. The topological polar surface area (TPSA) is 35.1 Å². The van der Waals surface area contributed by atoms with E-state index >= 15 is 0 Å². The lowest BCUT2D eigenvalue weighted by Crippen LogP contribution is -2.15. The number of nitrogens with zero attached hydrogens (tertiary/aromatic N) is 1. The predicted molar refractivity (Wildman–Crippen MR) is 38.2 cm³/mol. The normalized spacial score (nSPS) is 13.3. The quantitative estimate of drug-likeness (QED) is 0.664. The fourth-order valence-corrected chi connectivity index (χ4v) is 0.755. The Balaban J connectivity index is 2.51. The van der Waals surface area contributed by atoms with Crippen LogP contribution in [0, 0.1) is 0 Å². The summed E-state index contributed by atoms with van der Waals surface area (Å²) in [6, 6.07) is 1.31. The highest BCUT2D eigenvalue weighted by atomic mass is 19.1. The first-order valence-electron chi connectivity index (χ1n) is 3.49. The molecule has 0 aliphatic rings. The fourth-order valence-electron chi connectivity index (χ4n) is 0.755. The maximum Gasteiger partial charge on any atom is 0.282 e. The Morgan fingerprint density at radius 1 is 1.82 bits per heavy atom. The van der Waals surface area contributed by atoms with E-state index in [4.69, 9.17) is 4.52 Å². The van der Waals surface area contributed by atoms with E-state index in [2.05, 4.69) is 0 Å². The van der Waals surface area contributed by atoms with Crippen LogP contribution in [0.4, 0.5) is 4.39 Å². The molecule has 1 aromatic heterocycles.